The third kappa shape index (κ3) is 5.14. The van der Waals surface area contributed by atoms with Crippen LogP contribution in [0.15, 0.2) is 36.4 Å². The monoisotopic (exact) mass is 436 g/mol. The van der Waals surface area contributed by atoms with Crippen molar-refractivity contribution in [2.45, 2.75) is 6.42 Å². The lowest BCUT2D eigenvalue weighted by Gasteiger charge is -2.35. The minimum absolute atomic E-state index is 0.00799. The molecule has 3 rings (SSSR count). The van der Waals surface area contributed by atoms with Crippen LogP contribution < -0.4 is 9.47 Å². The van der Waals surface area contributed by atoms with Crippen molar-refractivity contribution in [1.82, 2.24) is 9.80 Å². The Hall–Kier alpha value is -2.44. The van der Waals surface area contributed by atoms with E-state index in [0.717, 1.165) is 5.56 Å². The fourth-order valence-electron chi connectivity index (χ4n) is 3.29. The lowest BCUT2D eigenvalue weighted by molar-refractivity contribution is -0.131. The molecule has 0 aromatic heterocycles. The Morgan fingerprint density at radius 2 is 1.52 bits per heavy atom. The Morgan fingerprint density at radius 1 is 0.897 bits per heavy atom. The molecule has 6 nitrogen and oxygen atoms in total. The molecule has 0 N–H and O–H groups in total. The molecule has 8 heteroatoms. The first-order valence-corrected chi connectivity index (χ1v) is 9.91. The van der Waals surface area contributed by atoms with Crippen LogP contribution in [0.4, 0.5) is 0 Å². The van der Waals surface area contributed by atoms with Crippen LogP contribution in [0.3, 0.4) is 0 Å². The number of amides is 2. The van der Waals surface area contributed by atoms with Gasteiger partial charge < -0.3 is 19.3 Å². The lowest BCUT2D eigenvalue weighted by Crippen LogP contribution is -2.51. The summed E-state index contributed by atoms with van der Waals surface area (Å²) in [6, 6.07) is 10.2. The predicted molar refractivity (Wildman–Crippen MR) is 112 cm³/mol. The quantitative estimate of drug-likeness (QED) is 0.718. The smallest absolute Gasteiger partial charge is 0.254 e. The van der Waals surface area contributed by atoms with Gasteiger partial charge in [-0.15, -0.1) is 0 Å². The predicted octanol–water partition coefficient (Wildman–Crippen LogP) is 3.54. The summed E-state index contributed by atoms with van der Waals surface area (Å²) >= 11 is 12.0. The number of hydrogen-bond donors (Lipinski definition) is 0. The van der Waals surface area contributed by atoms with E-state index in [0.29, 0.717) is 53.3 Å². The van der Waals surface area contributed by atoms with Crippen molar-refractivity contribution >= 4 is 35.0 Å². The molecule has 2 amide bonds. The molecule has 0 aliphatic carbocycles. The second-order valence-electron chi connectivity index (χ2n) is 6.69. The fourth-order valence-corrected chi connectivity index (χ4v) is 3.82. The van der Waals surface area contributed by atoms with Gasteiger partial charge in [-0.25, -0.2) is 0 Å². The molecule has 0 saturated carbocycles. The van der Waals surface area contributed by atoms with Gasteiger partial charge in [0.2, 0.25) is 5.91 Å². The molecule has 0 radical (unpaired) electrons. The van der Waals surface area contributed by atoms with Gasteiger partial charge in [-0.2, -0.15) is 0 Å². The molecular weight excluding hydrogens is 415 g/mol. The van der Waals surface area contributed by atoms with Gasteiger partial charge in [-0.05, 0) is 24.3 Å². The number of rotatable bonds is 5. The molecule has 0 spiro atoms. The van der Waals surface area contributed by atoms with Gasteiger partial charge >= 0.3 is 0 Å². The van der Waals surface area contributed by atoms with Crippen LogP contribution in [0.25, 0.3) is 0 Å². The summed E-state index contributed by atoms with van der Waals surface area (Å²) in [5, 5.41) is 0.839. The number of carbonyl (C=O) groups excluding carboxylic acids is 2. The maximum atomic E-state index is 12.7. The highest BCUT2D eigenvalue weighted by molar-refractivity contribution is 6.35. The number of nitrogens with zero attached hydrogens (tertiary/aromatic N) is 2. The molecule has 1 aliphatic rings. The first-order chi connectivity index (χ1) is 13.9. The molecule has 154 valence electrons. The fraction of sp³-hybridized carbons (Fsp3) is 0.333. The normalized spacial score (nSPS) is 13.9. The van der Waals surface area contributed by atoms with Crippen LogP contribution in [0, 0.1) is 0 Å². The molecule has 1 fully saturated rings. The van der Waals surface area contributed by atoms with E-state index >= 15 is 0 Å². The molecular formula is C21H22Cl2N2O4. The van der Waals surface area contributed by atoms with Crippen molar-refractivity contribution < 1.29 is 19.1 Å². The SMILES string of the molecule is COc1ccc(CC(=O)N2CCN(C(=O)c3cc(Cl)cc(Cl)c3)CC2)c(OC)c1. The van der Waals surface area contributed by atoms with Crippen molar-refractivity contribution in [3.8, 4) is 11.5 Å². The van der Waals surface area contributed by atoms with E-state index in [1.165, 1.54) is 0 Å². The molecule has 1 aliphatic heterocycles. The van der Waals surface area contributed by atoms with Gasteiger partial charge in [-0.1, -0.05) is 29.3 Å². The maximum Gasteiger partial charge on any atom is 0.254 e. The molecule has 0 bridgehead atoms. The Balaban J connectivity index is 1.60. The lowest BCUT2D eigenvalue weighted by atomic mass is 10.1. The number of piperazine rings is 1. The average molecular weight is 437 g/mol. The number of hydrogen-bond acceptors (Lipinski definition) is 4. The zero-order valence-corrected chi connectivity index (χ0v) is 17.8. The molecule has 2 aromatic rings. The van der Waals surface area contributed by atoms with Gasteiger partial charge in [-0.3, -0.25) is 9.59 Å². The van der Waals surface area contributed by atoms with Gasteiger partial charge in [0.1, 0.15) is 11.5 Å². The Kier molecular flexibility index (Phi) is 6.87. The van der Waals surface area contributed by atoms with Crippen LogP contribution in [-0.4, -0.2) is 62.0 Å². The Morgan fingerprint density at radius 3 is 2.10 bits per heavy atom. The molecule has 1 heterocycles. The third-order valence-corrected chi connectivity index (χ3v) is 5.30. The van der Waals surface area contributed by atoms with Crippen LogP contribution in [0.2, 0.25) is 10.0 Å². The number of halogens is 2. The van der Waals surface area contributed by atoms with Crippen LogP contribution in [-0.2, 0) is 11.2 Å². The summed E-state index contributed by atoms with van der Waals surface area (Å²) in [7, 11) is 3.15. The van der Waals surface area contributed by atoms with E-state index in [1.807, 2.05) is 6.07 Å². The van der Waals surface area contributed by atoms with E-state index in [9.17, 15) is 9.59 Å². The van der Waals surface area contributed by atoms with Crippen molar-refractivity contribution in [3.05, 3.63) is 57.6 Å². The maximum absolute atomic E-state index is 12.7. The topological polar surface area (TPSA) is 59.1 Å². The largest absolute Gasteiger partial charge is 0.497 e. The minimum atomic E-state index is -0.140. The number of carbonyl (C=O) groups is 2. The summed E-state index contributed by atoms with van der Waals surface area (Å²) in [6.45, 7) is 1.84. The number of methoxy groups -OCH3 is 2. The van der Waals surface area contributed by atoms with Crippen molar-refractivity contribution in [3.63, 3.8) is 0 Å². The first kappa shape index (κ1) is 21.3. The molecule has 2 aromatic carbocycles. The van der Waals surface area contributed by atoms with E-state index in [2.05, 4.69) is 0 Å². The highest BCUT2D eigenvalue weighted by Gasteiger charge is 2.25. The van der Waals surface area contributed by atoms with Crippen molar-refractivity contribution in [2.75, 3.05) is 40.4 Å². The molecule has 0 atom stereocenters. The number of ether oxygens (including phenoxy) is 2. The summed E-state index contributed by atoms with van der Waals surface area (Å²) in [5.41, 5.74) is 1.25. The van der Waals surface area contributed by atoms with E-state index in [4.69, 9.17) is 32.7 Å². The molecule has 1 saturated heterocycles. The second-order valence-corrected chi connectivity index (χ2v) is 7.56. The van der Waals surface area contributed by atoms with Gasteiger partial charge in [0.15, 0.2) is 0 Å². The molecule has 0 unspecified atom stereocenters. The summed E-state index contributed by atoms with van der Waals surface area (Å²) in [4.78, 5) is 28.9. The van der Waals surface area contributed by atoms with Gasteiger partial charge in [0.05, 0.1) is 20.6 Å². The third-order valence-electron chi connectivity index (χ3n) is 4.87. The number of benzene rings is 2. The first-order valence-electron chi connectivity index (χ1n) is 9.15. The summed E-state index contributed by atoms with van der Waals surface area (Å²) in [6.07, 6.45) is 0.227. The van der Waals surface area contributed by atoms with Crippen LogP contribution in [0.1, 0.15) is 15.9 Å². The minimum Gasteiger partial charge on any atom is -0.497 e. The second kappa shape index (κ2) is 9.37. The highest BCUT2D eigenvalue weighted by atomic mass is 35.5. The Bertz CT molecular complexity index is 891. The molecule has 29 heavy (non-hydrogen) atoms. The van der Waals surface area contributed by atoms with Crippen molar-refractivity contribution in [1.29, 1.82) is 0 Å². The van der Waals surface area contributed by atoms with Crippen molar-refractivity contribution in [2.24, 2.45) is 0 Å². The zero-order valence-electron chi connectivity index (χ0n) is 16.3. The highest BCUT2D eigenvalue weighted by Crippen LogP contribution is 2.26. The summed E-state index contributed by atoms with van der Waals surface area (Å²) in [5.74, 6) is 1.14. The van der Waals surface area contributed by atoms with Crippen LogP contribution in [0.5, 0.6) is 11.5 Å². The van der Waals surface area contributed by atoms with E-state index in [1.54, 1.807) is 54.4 Å². The van der Waals surface area contributed by atoms with Crippen LogP contribution >= 0.6 is 23.2 Å². The zero-order chi connectivity index (χ0) is 21.0. The standard InChI is InChI=1S/C21H22Cl2N2O4/c1-28-18-4-3-14(19(13-18)29-2)11-20(26)24-5-7-25(8-6-24)21(27)15-9-16(22)12-17(23)10-15/h3-4,9-10,12-13H,5-8,11H2,1-2H3. The van der Waals surface area contributed by atoms with E-state index < -0.39 is 0 Å². The average Bonchev–Trinajstić information content (AvgIpc) is 2.72. The van der Waals surface area contributed by atoms with Gasteiger partial charge in [0.25, 0.3) is 5.91 Å². The Labute approximate surface area is 179 Å². The van der Waals surface area contributed by atoms with E-state index in [-0.39, 0.29) is 18.2 Å². The summed E-state index contributed by atoms with van der Waals surface area (Å²) < 4.78 is 10.6. The van der Waals surface area contributed by atoms with Gasteiger partial charge in [0, 0.05) is 53.4 Å².